The Kier molecular flexibility index (Phi) is 10.0. The first kappa shape index (κ1) is 30.7. The largest absolute Gasteiger partial charge is 0.465 e. The molecule has 8 nitrogen and oxygen atoms in total. The number of hydrogen-bond donors (Lipinski definition) is 0. The standard InChI is InChI=1S/C32H41NO7S2/c1-4-5-24-41(34,35)40-42(28-16-10-25(11-17-28)33(2)3,29-18-12-26(13-19-29)38-31-8-6-22-36-31)30-20-14-27(15-21-30)39-32-9-7-23-37-32/h10-21,31-32H,4-9,22-24H2,1-3H3. The molecule has 0 aliphatic carbocycles. The average Bonchev–Trinajstić information content (AvgIpc) is 3.71. The fourth-order valence-electron chi connectivity index (χ4n) is 4.98. The van der Waals surface area contributed by atoms with E-state index in [0.717, 1.165) is 52.5 Å². The lowest BCUT2D eigenvalue weighted by Crippen LogP contribution is -2.17. The maximum Gasteiger partial charge on any atom is 0.277 e. The third-order valence-corrected chi connectivity index (χ3v) is 12.5. The van der Waals surface area contributed by atoms with Gasteiger partial charge in [0.25, 0.3) is 10.1 Å². The molecule has 3 aromatic rings. The minimum absolute atomic E-state index is 0.0611. The molecule has 2 unspecified atom stereocenters. The summed E-state index contributed by atoms with van der Waals surface area (Å²) in [5.41, 5.74) is 1.00. The van der Waals surface area contributed by atoms with E-state index >= 15 is 0 Å². The monoisotopic (exact) mass is 615 g/mol. The summed E-state index contributed by atoms with van der Waals surface area (Å²) in [5, 5.41) is 0. The van der Waals surface area contributed by atoms with E-state index in [1.807, 2.05) is 98.7 Å². The molecular weight excluding hydrogens is 574 g/mol. The van der Waals surface area contributed by atoms with Crippen molar-refractivity contribution in [2.75, 3.05) is 38.0 Å². The molecule has 2 atom stereocenters. The second-order valence-electron chi connectivity index (χ2n) is 10.7. The highest BCUT2D eigenvalue weighted by Crippen LogP contribution is 2.70. The number of anilines is 1. The average molecular weight is 616 g/mol. The summed E-state index contributed by atoms with van der Waals surface area (Å²) in [6.07, 6.45) is 4.33. The Morgan fingerprint density at radius 3 is 1.57 bits per heavy atom. The molecule has 0 radical (unpaired) electrons. The number of hydrogen-bond acceptors (Lipinski definition) is 8. The fourth-order valence-corrected chi connectivity index (χ4v) is 10.5. The minimum Gasteiger partial charge on any atom is -0.465 e. The lowest BCUT2D eigenvalue weighted by molar-refractivity contribution is -0.0393. The van der Waals surface area contributed by atoms with Crippen LogP contribution in [-0.2, 0) is 23.2 Å². The highest BCUT2D eigenvalue weighted by atomic mass is 32.3. The van der Waals surface area contributed by atoms with E-state index in [1.54, 1.807) is 0 Å². The van der Waals surface area contributed by atoms with Gasteiger partial charge in [-0.25, -0.2) is 3.63 Å². The number of rotatable bonds is 13. The van der Waals surface area contributed by atoms with Gasteiger partial charge in [0, 0.05) is 47.3 Å². The van der Waals surface area contributed by atoms with Crippen molar-refractivity contribution in [1.29, 1.82) is 0 Å². The first-order chi connectivity index (χ1) is 20.3. The van der Waals surface area contributed by atoms with Crippen LogP contribution in [0.1, 0.15) is 45.4 Å². The Hall–Kier alpha value is -2.76. The highest BCUT2D eigenvalue weighted by molar-refractivity contribution is 8.33. The zero-order valence-corrected chi connectivity index (χ0v) is 26.2. The van der Waals surface area contributed by atoms with Crippen LogP contribution in [0.15, 0.2) is 87.5 Å². The smallest absolute Gasteiger partial charge is 0.277 e. The third-order valence-electron chi connectivity index (χ3n) is 7.26. The van der Waals surface area contributed by atoms with E-state index in [-0.39, 0.29) is 18.3 Å². The fraction of sp³-hybridized carbons (Fsp3) is 0.438. The van der Waals surface area contributed by atoms with Crippen LogP contribution in [0, 0.1) is 0 Å². The third kappa shape index (κ3) is 7.23. The summed E-state index contributed by atoms with van der Waals surface area (Å²) >= 11 is 0. The number of ether oxygens (including phenoxy) is 4. The summed E-state index contributed by atoms with van der Waals surface area (Å²) in [5.74, 6) is 1.26. The first-order valence-corrected chi connectivity index (χ1v) is 17.7. The Labute approximate surface area is 251 Å². The van der Waals surface area contributed by atoms with Gasteiger partial charge in [0.05, 0.1) is 19.0 Å². The molecule has 0 spiro atoms. The Morgan fingerprint density at radius 2 is 1.19 bits per heavy atom. The van der Waals surface area contributed by atoms with Gasteiger partial charge < -0.3 is 23.8 Å². The summed E-state index contributed by atoms with van der Waals surface area (Å²) in [6.45, 7) is 3.35. The Bertz CT molecular complexity index is 1320. The highest BCUT2D eigenvalue weighted by Gasteiger charge is 2.38. The van der Waals surface area contributed by atoms with E-state index in [2.05, 4.69) is 0 Å². The normalized spacial score (nSPS) is 21.0. The van der Waals surface area contributed by atoms with E-state index in [9.17, 15) is 8.42 Å². The maximum absolute atomic E-state index is 13.6. The predicted octanol–water partition coefficient (Wildman–Crippen LogP) is 7.13. The quantitative estimate of drug-likeness (QED) is 0.201. The van der Waals surface area contributed by atoms with Gasteiger partial charge in [0.15, 0.2) is 12.6 Å². The van der Waals surface area contributed by atoms with Crippen LogP contribution in [-0.4, -0.2) is 54.1 Å². The predicted molar refractivity (Wildman–Crippen MR) is 165 cm³/mol. The number of unbranched alkanes of at least 4 members (excludes halogenated alkanes) is 1. The van der Waals surface area contributed by atoms with Crippen molar-refractivity contribution in [3.8, 4) is 11.5 Å². The van der Waals surface area contributed by atoms with Crippen LogP contribution in [0.2, 0.25) is 0 Å². The van der Waals surface area contributed by atoms with Crippen LogP contribution < -0.4 is 14.4 Å². The van der Waals surface area contributed by atoms with Crippen molar-refractivity contribution in [1.82, 2.24) is 0 Å². The Balaban J connectivity index is 1.60. The topological polar surface area (TPSA) is 83.5 Å². The van der Waals surface area contributed by atoms with Gasteiger partial charge in [-0.15, -0.1) is 0 Å². The van der Waals surface area contributed by atoms with E-state index < -0.39 is 20.4 Å². The molecule has 228 valence electrons. The van der Waals surface area contributed by atoms with Crippen molar-refractivity contribution in [2.45, 2.75) is 72.7 Å². The molecular formula is C32H41NO7S2. The Morgan fingerprint density at radius 1 is 0.738 bits per heavy atom. The molecule has 42 heavy (non-hydrogen) atoms. The molecule has 2 heterocycles. The zero-order valence-electron chi connectivity index (χ0n) is 24.6. The van der Waals surface area contributed by atoms with Gasteiger partial charge in [-0.1, -0.05) is 13.3 Å². The molecule has 10 heteroatoms. The second kappa shape index (κ2) is 13.7. The van der Waals surface area contributed by atoms with E-state index in [4.69, 9.17) is 22.6 Å². The van der Waals surface area contributed by atoms with Crippen molar-refractivity contribution < 1.29 is 31.0 Å². The summed E-state index contributed by atoms with van der Waals surface area (Å²) in [4.78, 5) is 4.27. The van der Waals surface area contributed by atoms with Gasteiger partial charge in [-0.05, 0) is 102 Å². The van der Waals surface area contributed by atoms with E-state index in [1.165, 1.54) is 0 Å². The van der Waals surface area contributed by atoms with Crippen molar-refractivity contribution in [3.05, 3.63) is 72.8 Å². The number of nitrogens with zero attached hydrogens (tertiary/aromatic N) is 1. The zero-order chi connectivity index (χ0) is 29.6. The van der Waals surface area contributed by atoms with Gasteiger partial charge in [0.1, 0.15) is 11.5 Å². The molecule has 2 fully saturated rings. The lowest BCUT2D eigenvalue weighted by Gasteiger charge is -2.39. The van der Waals surface area contributed by atoms with Gasteiger partial charge in [0.2, 0.25) is 0 Å². The molecule has 0 aromatic heterocycles. The number of benzene rings is 3. The maximum atomic E-state index is 13.6. The lowest BCUT2D eigenvalue weighted by atomic mass is 10.3. The molecule has 5 rings (SSSR count). The van der Waals surface area contributed by atoms with Crippen LogP contribution in [0.4, 0.5) is 5.69 Å². The van der Waals surface area contributed by atoms with E-state index in [0.29, 0.717) is 31.1 Å². The first-order valence-electron chi connectivity index (χ1n) is 14.6. The summed E-state index contributed by atoms with van der Waals surface area (Å²) < 4.78 is 57.0. The van der Waals surface area contributed by atoms with Gasteiger partial charge in [-0.3, -0.25) is 0 Å². The van der Waals surface area contributed by atoms with Crippen LogP contribution in [0.25, 0.3) is 0 Å². The van der Waals surface area contributed by atoms with Crippen molar-refractivity contribution in [2.24, 2.45) is 0 Å². The molecule has 2 aliphatic rings. The molecule has 2 saturated heterocycles. The van der Waals surface area contributed by atoms with Crippen molar-refractivity contribution >= 4 is 26.1 Å². The molecule has 0 saturated carbocycles. The van der Waals surface area contributed by atoms with Crippen LogP contribution >= 0.6 is 10.3 Å². The molecule has 0 amide bonds. The molecule has 2 aliphatic heterocycles. The van der Waals surface area contributed by atoms with Crippen molar-refractivity contribution in [3.63, 3.8) is 0 Å². The van der Waals surface area contributed by atoms with Gasteiger partial charge >= 0.3 is 0 Å². The minimum atomic E-state index is -3.91. The van der Waals surface area contributed by atoms with Crippen LogP contribution in [0.5, 0.6) is 11.5 Å². The van der Waals surface area contributed by atoms with Gasteiger partial charge in [-0.2, -0.15) is 8.42 Å². The van der Waals surface area contributed by atoms with Crippen LogP contribution in [0.3, 0.4) is 0 Å². The molecule has 0 bridgehead atoms. The summed E-state index contributed by atoms with van der Waals surface area (Å²) in [7, 11) is -2.69. The SMILES string of the molecule is CCCCS(=O)(=O)OS(c1ccc(OC2CCCO2)cc1)(c1ccc(OC2CCCO2)cc1)c1ccc(N(C)C)cc1. The molecule has 0 N–H and O–H groups in total. The summed E-state index contributed by atoms with van der Waals surface area (Å²) in [6, 6.07) is 23.0. The molecule has 3 aromatic carbocycles. The second-order valence-corrected chi connectivity index (χ2v) is 15.3.